The summed E-state index contributed by atoms with van der Waals surface area (Å²) in [4.78, 5) is 0.594. The van der Waals surface area contributed by atoms with Crippen LogP contribution in [0.4, 0.5) is 0 Å². The third-order valence-corrected chi connectivity index (χ3v) is 3.77. The summed E-state index contributed by atoms with van der Waals surface area (Å²) in [6, 6.07) is 3.81. The summed E-state index contributed by atoms with van der Waals surface area (Å²) in [5.41, 5.74) is 2.92. The van der Waals surface area contributed by atoms with Crippen molar-refractivity contribution in [3.63, 3.8) is 0 Å². The lowest BCUT2D eigenvalue weighted by atomic mass is 9.76. The average molecular weight is 229 g/mol. The fourth-order valence-electron chi connectivity index (χ4n) is 2.12. The molecule has 0 fully saturated rings. The average Bonchev–Trinajstić information content (AvgIpc) is 2.71. The number of benzene rings is 1. The van der Waals surface area contributed by atoms with Crippen molar-refractivity contribution in [1.82, 2.24) is 15.2 Å². The number of aromatic nitrogens is 3. The summed E-state index contributed by atoms with van der Waals surface area (Å²) in [6.45, 7) is 6.48. The first kappa shape index (κ1) is 12.0. The van der Waals surface area contributed by atoms with E-state index in [0.29, 0.717) is 21.5 Å². The molecule has 1 heterocycles. The lowest BCUT2D eigenvalue weighted by Crippen LogP contribution is -2.21. The highest BCUT2D eigenvalue weighted by atomic mass is 16.5. The predicted molar refractivity (Wildman–Crippen MR) is 68.0 cm³/mol. The van der Waals surface area contributed by atoms with Gasteiger partial charge in [-0.2, -0.15) is 0 Å². The van der Waals surface area contributed by atoms with Crippen LogP contribution in [0.5, 0.6) is 0 Å². The molecule has 0 amide bonds. The highest BCUT2D eigenvalue weighted by Crippen LogP contribution is 2.33. The van der Waals surface area contributed by atoms with Gasteiger partial charge in [-0.1, -0.05) is 38.4 Å². The number of nitrogens with zero attached hydrogens (tertiary/aromatic N) is 3. The molecule has 2 aromatic rings. The monoisotopic (exact) mass is 229 g/mol. The van der Waals surface area contributed by atoms with Crippen LogP contribution in [0.15, 0.2) is 12.1 Å². The molecule has 0 aliphatic carbocycles. The highest BCUT2D eigenvalue weighted by molar-refractivity contribution is 6.38. The van der Waals surface area contributed by atoms with Crippen LogP contribution in [0, 0.1) is 0 Å². The van der Waals surface area contributed by atoms with Gasteiger partial charge < -0.3 is 5.21 Å². The quantitative estimate of drug-likeness (QED) is 0.641. The lowest BCUT2D eigenvalue weighted by Gasteiger charge is -2.27. The first-order valence-corrected chi connectivity index (χ1v) is 5.87. The maximum Gasteiger partial charge on any atom is 0.120 e. The van der Waals surface area contributed by atoms with Crippen LogP contribution < -0.4 is 5.46 Å². The van der Waals surface area contributed by atoms with Crippen LogP contribution in [-0.4, -0.2) is 28.2 Å². The van der Waals surface area contributed by atoms with Gasteiger partial charge in [0.2, 0.25) is 0 Å². The van der Waals surface area contributed by atoms with Gasteiger partial charge in [0.15, 0.2) is 0 Å². The summed E-state index contributed by atoms with van der Waals surface area (Å²) < 4.78 is 0. The van der Waals surface area contributed by atoms with E-state index in [1.54, 1.807) is 0 Å². The second kappa shape index (κ2) is 4.06. The van der Waals surface area contributed by atoms with Crippen molar-refractivity contribution in [2.45, 2.75) is 39.0 Å². The van der Waals surface area contributed by atoms with Gasteiger partial charge in [-0.05, 0) is 28.8 Å². The van der Waals surface area contributed by atoms with Gasteiger partial charge in [0.1, 0.15) is 18.9 Å². The topological polar surface area (TPSA) is 50.9 Å². The number of hydrogen-bond acceptors (Lipinski definition) is 3. The van der Waals surface area contributed by atoms with Gasteiger partial charge in [-0.3, -0.25) is 0 Å². The molecular weight excluding hydrogens is 213 g/mol. The smallest absolute Gasteiger partial charge is 0.120 e. The molecule has 2 radical (unpaired) electrons. The largest absolute Gasteiger partial charge is 0.396 e. The Kier molecular flexibility index (Phi) is 2.85. The van der Waals surface area contributed by atoms with Crippen molar-refractivity contribution in [3.8, 4) is 0 Å². The Balaban J connectivity index is 2.74. The van der Waals surface area contributed by atoms with E-state index in [1.165, 1.54) is 0 Å². The standard InChI is InChI=1S/C12H16BN3O/c1-4-12(3,5-2)8-6-7-9(13)11-10(8)14-16(17)15-11/h6-7,17H,4-5H2,1-3H3. The molecule has 4 nitrogen and oxygen atoms in total. The van der Waals surface area contributed by atoms with Crippen LogP contribution in [0.3, 0.4) is 0 Å². The molecule has 17 heavy (non-hydrogen) atoms. The number of rotatable bonds is 3. The van der Waals surface area contributed by atoms with Gasteiger partial charge in [-0.15, -0.1) is 10.2 Å². The van der Waals surface area contributed by atoms with Gasteiger partial charge in [-0.25, -0.2) is 0 Å². The van der Waals surface area contributed by atoms with Crippen molar-refractivity contribution in [2.24, 2.45) is 0 Å². The summed E-state index contributed by atoms with van der Waals surface area (Å²) >= 11 is 0. The molecule has 0 aliphatic rings. The third-order valence-electron chi connectivity index (χ3n) is 3.77. The summed E-state index contributed by atoms with van der Waals surface area (Å²) in [5.74, 6) is 0. The summed E-state index contributed by atoms with van der Waals surface area (Å²) in [6.07, 6.45) is 2.00. The molecule has 88 valence electrons. The third kappa shape index (κ3) is 1.79. The molecule has 1 aromatic carbocycles. The second-order valence-corrected chi connectivity index (χ2v) is 4.64. The van der Waals surface area contributed by atoms with E-state index in [2.05, 4.69) is 31.0 Å². The minimum Gasteiger partial charge on any atom is -0.396 e. The van der Waals surface area contributed by atoms with Gasteiger partial charge in [0.05, 0.1) is 0 Å². The van der Waals surface area contributed by atoms with Crippen LogP contribution in [0.1, 0.15) is 39.2 Å². The van der Waals surface area contributed by atoms with E-state index in [4.69, 9.17) is 7.85 Å². The van der Waals surface area contributed by atoms with E-state index < -0.39 is 0 Å². The van der Waals surface area contributed by atoms with Gasteiger partial charge in [0.25, 0.3) is 0 Å². The van der Waals surface area contributed by atoms with Crippen LogP contribution in [-0.2, 0) is 5.41 Å². The minimum atomic E-state index is 0.0297. The molecular formula is C12H16BN3O. The van der Waals surface area contributed by atoms with Gasteiger partial charge in [0, 0.05) is 0 Å². The Labute approximate surface area is 102 Å². The fourth-order valence-corrected chi connectivity index (χ4v) is 2.12. The van der Waals surface area contributed by atoms with Crippen molar-refractivity contribution in [3.05, 3.63) is 17.7 Å². The van der Waals surface area contributed by atoms with Crippen molar-refractivity contribution in [1.29, 1.82) is 0 Å². The highest BCUT2D eigenvalue weighted by Gasteiger charge is 2.26. The molecule has 0 saturated heterocycles. The second-order valence-electron chi connectivity index (χ2n) is 4.64. The summed E-state index contributed by atoms with van der Waals surface area (Å²) in [7, 11) is 5.84. The Bertz CT molecular complexity index is 546. The Hall–Kier alpha value is -1.52. The molecule has 5 heteroatoms. The predicted octanol–water partition coefficient (Wildman–Crippen LogP) is 1.54. The zero-order chi connectivity index (χ0) is 12.6. The first-order chi connectivity index (χ1) is 8.01. The van der Waals surface area contributed by atoms with E-state index in [1.807, 2.05) is 12.1 Å². The zero-order valence-electron chi connectivity index (χ0n) is 10.4. The fraction of sp³-hybridized carbons (Fsp3) is 0.500. The molecule has 0 bridgehead atoms. The molecule has 0 saturated carbocycles. The van der Waals surface area contributed by atoms with Crippen molar-refractivity contribution >= 4 is 24.3 Å². The Morgan fingerprint density at radius 1 is 1.24 bits per heavy atom. The first-order valence-electron chi connectivity index (χ1n) is 5.87. The molecule has 1 aromatic heterocycles. The Morgan fingerprint density at radius 3 is 2.41 bits per heavy atom. The maximum absolute atomic E-state index is 9.36. The van der Waals surface area contributed by atoms with E-state index in [0.717, 1.165) is 18.4 Å². The van der Waals surface area contributed by atoms with Crippen LogP contribution in [0.25, 0.3) is 11.0 Å². The lowest BCUT2D eigenvalue weighted by molar-refractivity contribution is 0.113. The van der Waals surface area contributed by atoms with Crippen LogP contribution in [0.2, 0.25) is 0 Å². The van der Waals surface area contributed by atoms with Crippen LogP contribution >= 0.6 is 0 Å². The van der Waals surface area contributed by atoms with E-state index in [-0.39, 0.29) is 5.41 Å². The normalized spacial score (nSPS) is 12.2. The number of hydrogen-bond donors (Lipinski definition) is 1. The zero-order valence-corrected chi connectivity index (χ0v) is 10.4. The summed E-state index contributed by atoms with van der Waals surface area (Å²) in [5, 5.41) is 17.3. The van der Waals surface area contributed by atoms with E-state index >= 15 is 0 Å². The van der Waals surface area contributed by atoms with E-state index in [9.17, 15) is 5.21 Å². The van der Waals surface area contributed by atoms with Crippen molar-refractivity contribution < 1.29 is 5.21 Å². The number of fused-ring (bicyclic) bond motifs is 1. The molecule has 0 aliphatic heterocycles. The Morgan fingerprint density at radius 2 is 1.82 bits per heavy atom. The van der Waals surface area contributed by atoms with Crippen molar-refractivity contribution in [2.75, 3.05) is 0 Å². The minimum absolute atomic E-state index is 0.0297. The maximum atomic E-state index is 9.36. The molecule has 1 N–H and O–H groups in total. The van der Waals surface area contributed by atoms with Gasteiger partial charge >= 0.3 is 0 Å². The molecule has 0 unspecified atom stereocenters. The SMILES string of the molecule is [B]c1ccc(C(C)(CC)CC)c2nn(O)nc12. The molecule has 0 atom stereocenters. The molecule has 2 rings (SSSR count). The molecule has 0 spiro atoms.